The Bertz CT molecular complexity index is 287. The molecule has 0 aromatic carbocycles. The lowest BCUT2D eigenvalue weighted by atomic mass is 9.86. The van der Waals surface area contributed by atoms with Crippen molar-refractivity contribution in [3.8, 4) is 0 Å². The number of esters is 1. The second-order valence-electron chi connectivity index (χ2n) is 5.85. The van der Waals surface area contributed by atoms with Crippen LogP contribution in [-0.2, 0) is 9.53 Å². The Balaban J connectivity index is 4.03. The van der Waals surface area contributed by atoms with Gasteiger partial charge in [-0.3, -0.25) is 5.32 Å². The summed E-state index contributed by atoms with van der Waals surface area (Å²) in [5.41, 5.74) is 0.389. The first kappa shape index (κ1) is 18.1. The number of hydrogen-bond acceptors (Lipinski definition) is 4. The molecule has 0 rings (SSSR count). The van der Waals surface area contributed by atoms with Gasteiger partial charge in [-0.05, 0) is 25.2 Å². The van der Waals surface area contributed by atoms with Crippen molar-refractivity contribution in [3.05, 3.63) is 12.2 Å². The minimum atomic E-state index is -0.564. The number of carbonyl (C=O) groups excluding carboxylic acids is 1. The van der Waals surface area contributed by atoms with Crippen molar-refractivity contribution in [3.63, 3.8) is 0 Å². The van der Waals surface area contributed by atoms with Crippen LogP contribution in [0, 0.1) is 17.8 Å². The normalized spacial score (nSPS) is 14.5. The number of nitrogens with one attached hydrogen (secondary N) is 1. The van der Waals surface area contributed by atoms with E-state index in [4.69, 9.17) is 4.74 Å². The van der Waals surface area contributed by atoms with E-state index in [0.29, 0.717) is 24.0 Å². The fourth-order valence-corrected chi connectivity index (χ4v) is 1.94. The number of aliphatic hydroxyl groups is 1. The van der Waals surface area contributed by atoms with E-state index in [1.165, 1.54) is 0 Å². The number of ether oxygens (including phenoxy) is 1. The van der Waals surface area contributed by atoms with Crippen LogP contribution < -0.4 is 5.32 Å². The maximum Gasteiger partial charge on any atom is 0.333 e. The molecule has 0 aromatic rings. The van der Waals surface area contributed by atoms with Crippen molar-refractivity contribution in [1.29, 1.82) is 0 Å². The maximum absolute atomic E-state index is 11.2. The first-order chi connectivity index (χ1) is 8.75. The van der Waals surface area contributed by atoms with Gasteiger partial charge in [-0.2, -0.15) is 0 Å². The molecule has 0 aliphatic carbocycles. The van der Waals surface area contributed by atoms with Crippen molar-refractivity contribution in [2.24, 2.45) is 17.8 Å². The summed E-state index contributed by atoms with van der Waals surface area (Å²) < 4.78 is 4.96. The standard InChI is InChI=1S/C15H29NO3/c1-10(2)9-13(11(3)4)14(17)16-7-8-19-15(18)12(5)6/h10-11,13-14,16-17H,5,7-9H2,1-4,6H3. The van der Waals surface area contributed by atoms with Gasteiger partial charge in [-0.15, -0.1) is 0 Å². The van der Waals surface area contributed by atoms with E-state index in [2.05, 4.69) is 39.6 Å². The topological polar surface area (TPSA) is 58.6 Å². The summed E-state index contributed by atoms with van der Waals surface area (Å²) in [5.74, 6) is 0.767. The predicted molar refractivity (Wildman–Crippen MR) is 77.6 cm³/mol. The van der Waals surface area contributed by atoms with E-state index in [9.17, 15) is 9.90 Å². The van der Waals surface area contributed by atoms with Crippen LogP contribution in [0.4, 0.5) is 0 Å². The molecule has 112 valence electrons. The lowest BCUT2D eigenvalue weighted by Gasteiger charge is -2.28. The van der Waals surface area contributed by atoms with Gasteiger partial charge in [-0.25, -0.2) is 4.79 Å². The van der Waals surface area contributed by atoms with Gasteiger partial charge in [0.25, 0.3) is 0 Å². The summed E-state index contributed by atoms with van der Waals surface area (Å²) in [6.07, 6.45) is 0.406. The second kappa shape index (κ2) is 9.10. The average Bonchev–Trinajstić information content (AvgIpc) is 2.30. The van der Waals surface area contributed by atoms with Crippen LogP contribution in [0.1, 0.15) is 41.0 Å². The Hall–Kier alpha value is -0.870. The summed E-state index contributed by atoms with van der Waals surface area (Å²) in [7, 11) is 0. The minimum Gasteiger partial charge on any atom is -0.461 e. The van der Waals surface area contributed by atoms with Gasteiger partial charge >= 0.3 is 5.97 Å². The summed E-state index contributed by atoms with van der Waals surface area (Å²) in [6, 6.07) is 0. The highest BCUT2D eigenvalue weighted by Gasteiger charge is 2.23. The van der Waals surface area contributed by atoms with Crippen molar-refractivity contribution < 1.29 is 14.6 Å². The largest absolute Gasteiger partial charge is 0.461 e. The van der Waals surface area contributed by atoms with Gasteiger partial charge in [0.1, 0.15) is 12.8 Å². The molecule has 0 heterocycles. The molecule has 0 radical (unpaired) electrons. The molecule has 0 aromatic heterocycles. The van der Waals surface area contributed by atoms with Gasteiger partial charge in [0.15, 0.2) is 0 Å². The van der Waals surface area contributed by atoms with Gasteiger partial charge in [-0.1, -0.05) is 34.3 Å². The minimum absolute atomic E-state index is 0.205. The van der Waals surface area contributed by atoms with Crippen LogP contribution in [0.25, 0.3) is 0 Å². The molecule has 2 atom stereocenters. The van der Waals surface area contributed by atoms with E-state index < -0.39 is 6.23 Å². The van der Waals surface area contributed by atoms with Crippen LogP contribution in [0.15, 0.2) is 12.2 Å². The van der Waals surface area contributed by atoms with Crippen molar-refractivity contribution in [1.82, 2.24) is 5.32 Å². The van der Waals surface area contributed by atoms with Crippen LogP contribution in [-0.4, -0.2) is 30.5 Å². The molecule has 0 aliphatic heterocycles. The molecule has 0 spiro atoms. The Morgan fingerprint density at radius 2 is 1.89 bits per heavy atom. The lowest BCUT2D eigenvalue weighted by molar-refractivity contribution is -0.139. The average molecular weight is 271 g/mol. The third kappa shape index (κ3) is 8.01. The number of rotatable bonds is 9. The molecule has 19 heavy (non-hydrogen) atoms. The molecule has 2 N–H and O–H groups in total. The van der Waals surface area contributed by atoms with Crippen LogP contribution in [0.2, 0.25) is 0 Å². The second-order valence-corrected chi connectivity index (χ2v) is 5.85. The molecule has 4 heteroatoms. The molecule has 2 unspecified atom stereocenters. The zero-order chi connectivity index (χ0) is 15.0. The quantitative estimate of drug-likeness (QED) is 0.292. The zero-order valence-electron chi connectivity index (χ0n) is 12.9. The fourth-order valence-electron chi connectivity index (χ4n) is 1.94. The lowest BCUT2D eigenvalue weighted by Crippen LogP contribution is -2.40. The molecule has 0 fully saturated rings. The highest BCUT2D eigenvalue weighted by atomic mass is 16.5. The first-order valence-electron chi connectivity index (χ1n) is 6.99. The van der Waals surface area contributed by atoms with Crippen molar-refractivity contribution in [2.75, 3.05) is 13.2 Å². The van der Waals surface area contributed by atoms with Gasteiger partial charge in [0.05, 0.1) is 0 Å². The molecule has 0 aliphatic rings. The summed E-state index contributed by atoms with van der Waals surface area (Å²) >= 11 is 0. The van der Waals surface area contributed by atoms with Gasteiger partial charge in [0, 0.05) is 18.0 Å². The Morgan fingerprint density at radius 1 is 1.32 bits per heavy atom. The third-order valence-corrected chi connectivity index (χ3v) is 3.04. The summed E-state index contributed by atoms with van der Waals surface area (Å²) in [5, 5.41) is 13.1. The first-order valence-corrected chi connectivity index (χ1v) is 6.99. The molecular weight excluding hydrogens is 242 g/mol. The molecule has 0 saturated heterocycles. The molecule has 0 amide bonds. The number of aliphatic hydroxyl groups excluding tert-OH is 1. The van der Waals surface area contributed by atoms with Crippen LogP contribution >= 0.6 is 0 Å². The van der Waals surface area contributed by atoms with E-state index in [0.717, 1.165) is 6.42 Å². The molecule has 4 nitrogen and oxygen atoms in total. The van der Waals surface area contributed by atoms with E-state index in [1.807, 2.05) is 0 Å². The van der Waals surface area contributed by atoms with E-state index in [1.54, 1.807) is 6.92 Å². The Morgan fingerprint density at radius 3 is 2.32 bits per heavy atom. The predicted octanol–water partition coefficient (Wildman–Crippen LogP) is 2.33. The Labute approximate surface area is 117 Å². The number of carbonyl (C=O) groups is 1. The van der Waals surface area contributed by atoms with Gasteiger partial charge in [0.2, 0.25) is 0 Å². The van der Waals surface area contributed by atoms with Crippen molar-refractivity contribution >= 4 is 5.97 Å². The smallest absolute Gasteiger partial charge is 0.333 e. The molecular formula is C15H29NO3. The molecule has 0 saturated carbocycles. The molecule has 0 bridgehead atoms. The van der Waals surface area contributed by atoms with Gasteiger partial charge < -0.3 is 9.84 Å². The zero-order valence-corrected chi connectivity index (χ0v) is 12.9. The summed E-state index contributed by atoms with van der Waals surface area (Å²) in [4.78, 5) is 11.2. The van der Waals surface area contributed by atoms with Crippen LogP contribution in [0.5, 0.6) is 0 Å². The van der Waals surface area contributed by atoms with E-state index in [-0.39, 0.29) is 18.5 Å². The third-order valence-electron chi connectivity index (χ3n) is 3.04. The highest BCUT2D eigenvalue weighted by Crippen LogP contribution is 2.22. The number of hydrogen-bond donors (Lipinski definition) is 2. The Kier molecular flexibility index (Phi) is 8.68. The maximum atomic E-state index is 11.2. The monoisotopic (exact) mass is 271 g/mol. The highest BCUT2D eigenvalue weighted by molar-refractivity contribution is 5.86. The van der Waals surface area contributed by atoms with E-state index >= 15 is 0 Å². The van der Waals surface area contributed by atoms with Crippen LogP contribution in [0.3, 0.4) is 0 Å². The SMILES string of the molecule is C=C(C)C(=O)OCCNC(O)C(CC(C)C)C(C)C. The fraction of sp³-hybridized carbons (Fsp3) is 0.800. The summed E-state index contributed by atoms with van der Waals surface area (Å²) in [6.45, 7) is 14.3. The van der Waals surface area contributed by atoms with Crippen molar-refractivity contribution in [2.45, 2.75) is 47.3 Å².